The van der Waals surface area contributed by atoms with Gasteiger partial charge in [-0.2, -0.15) is 0 Å². The van der Waals surface area contributed by atoms with E-state index in [2.05, 4.69) is 34.5 Å². The highest BCUT2D eigenvalue weighted by atomic mass is 15.2. The number of fused-ring (bicyclic) bond motifs is 1. The summed E-state index contributed by atoms with van der Waals surface area (Å²) in [5.74, 6) is 0.735. The molecule has 3 nitrogen and oxygen atoms in total. The van der Waals surface area contributed by atoms with E-state index in [0.717, 1.165) is 32.1 Å². The van der Waals surface area contributed by atoms with Crippen LogP contribution in [0.3, 0.4) is 0 Å². The number of nitrogens with zero attached hydrogens (tertiary/aromatic N) is 1. The summed E-state index contributed by atoms with van der Waals surface area (Å²) in [6.45, 7) is 5.23. The Labute approximate surface area is 103 Å². The first-order chi connectivity index (χ1) is 8.38. The van der Waals surface area contributed by atoms with Crippen molar-refractivity contribution >= 4 is 0 Å². The lowest BCUT2D eigenvalue weighted by Crippen LogP contribution is -2.55. The molecule has 1 aliphatic heterocycles. The molecule has 2 aliphatic rings. The van der Waals surface area contributed by atoms with Crippen molar-refractivity contribution in [3.63, 3.8) is 0 Å². The third-order valence-corrected chi connectivity index (χ3v) is 4.16. The van der Waals surface area contributed by atoms with Gasteiger partial charge in [-0.05, 0) is 17.5 Å². The lowest BCUT2D eigenvalue weighted by Gasteiger charge is -2.40. The number of rotatable bonds is 3. The molecule has 1 aliphatic carbocycles. The van der Waals surface area contributed by atoms with Crippen molar-refractivity contribution in [3.05, 3.63) is 35.4 Å². The van der Waals surface area contributed by atoms with Crippen LogP contribution < -0.4 is 11.1 Å². The smallest absolute Gasteiger partial charge is 0.0343 e. The summed E-state index contributed by atoms with van der Waals surface area (Å²) in [5.41, 5.74) is 8.94. The number of hydrogen-bond donors (Lipinski definition) is 2. The van der Waals surface area contributed by atoms with Crippen molar-refractivity contribution < 1.29 is 0 Å². The fraction of sp³-hybridized carbons (Fsp3) is 0.571. The minimum Gasteiger partial charge on any atom is -0.329 e. The Morgan fingerprint density at radius 3 is 3.06 bits per heavy atom. The maximum atomic E-state index is 5.84. The molecule has 0 spiro atoms. The van der Waals surface area contributed by atoms with Gasteiger partial charge < -0.3 is 11.1 Å². The standard InChI is InChI=1S/C14H21N3/c15-8-13-9-16-5-6-17(13)10-12-7-11-3-1-2-4-14(11)12/h1-4,12-13,16H,5-10,15H2. The molecule has 0 aromatic heterocycles. The minimum atomic E-state index is 0.525. The normalized spacial score (nSPS) is 28.5. The molecular weight excluding hydrogens is 210 g/mol. The molecule has 1 saturated heterocycles. The lowest BCUT2D eigenvalue weighted by molar-refractivity contribution is 0.151. The molecule has 2 unspecified atom stereocenters. The van der Waals surface area contributed by atoms with Crippen molar-refractivity contribution in [1.82, 2.24) is 10.2 Å². The molecule has 1 aromatic rings. The fourth-order valence-corrected chi connectivity index (χ4v) is 3.08. The van der Waals surface area contributed by atoms with Gasteiger partial charge >= 0.3 is 0 Å². The molecule has 0 radical (unpaired) electrons. The molecule has 3 rings (SSSR count). The fourth-order valence-electron chi connectivity index (χ4n) is 3.08. The van der Waals surface area contributed by atoms with Crippen molar-refractivity contribution in [2.75, 3.05) is 32.7 Å². The van der Waals surface area contributed by atoms with E-state index < -0.39 is 0 Å². The summed E-state index contributed by atoms with van der Waals surface area (Å²) in [4.78, 5) is 2.57. The molecule has 3 N–H and O–H groups in total. The van der Waals surface area contributed by atoms with Gasteiger partial charge in [0.05, 0.1) is 0 Å². The number of benzene rings is 1. The Morgan fingerprint density at radius 2 is 2.24 bits per heavy atom. The number of nitrogens with two attached hydrogens (primary N) is 1. The first-order valence-corrected chi connectivity index (χ1v) is 6.61. The zero-order valence-corrected chi connectivity index (χ0v) is 10.2. The molecule has 0 bridgehead atoms. The van der Waals surface area contributed by atoms with Crippen LogP contribution in [0.25, 0.3) is 0 Å². The summed E-state index contributed by atoms with van der Waals surface area (Å²) >= 11 is 0. The van der Waals surface area contributed by atoms with Gasteiger partial charge in [-0.25, -0.2) is 0 Å². The topological polar surface area (TPSA) is 41.3 Å². The van der Waals surface area contributed by atoms with Crippen molar-refractivity contribution in [2.24, 2.45) is 5.73 Å². The highest BCUT2D eigenvalue weighted by Crippen LogP contribution is 2.35. The van der Waals surface area contributed by atoms with Crippen molar-refractivity contribution in [2.45, 2.75) is 18.4 Å². The van der Waals surface area contributed by atoms with E-state index in [9.17, 15) is 0 Å². The van der Waals surface area contributed by atoms with Crippen molar-refractivity contribution in [3.8, 4) is 0 Å². The second kappa shape index (κ2) is 4.77. The molecule has 0 saturated carbocycles. The Morgan fingerprint density at radius 1 is 1.35 bits per heavy atom. The van der Waals surface area contributed by atoms with Gasteiger partial charge in [0.2, 0.25) is 0 Å². The minimum absolute atomic E-state index is 0.525. The summed E-state index contributed by atoms with van der Waals surface area (Å²) in [7, 11) is 0. The molecule has 1 heterocycles. The van der Waals surface area contributed by atoms with Crippen LogP contribution in [0.1, 0.15) is 17.0 Å². The molecule has 3 heteroatoms. The molecule has 1 fully saturated rings. The Bertz CT molecular complexity index is 391. The second-order valence-corrected chi connectivity index (χ2v) is 5.19. The largest absolute Gasteiger partial charge is 0.329 e. The van der Waals surface area contributed by atoms with Gasteiger partial charge in [-0.3, -0.25) is 4.90 Å². The van der Waals surface area contributed by atoms with Gasteiger partial charge in [0.25, 0.3) is 0 Å². The van der Waals surface area contributed by atoms with E-state index in [4.69, 9.17) is 5.73 Å². The van der Waals surface area contributed by atoms with Crippen LogP contribution in [-0.2, 0) is 6.42 Å². The zero-order valence-electron chi connectivity index (χ0n) is 10.2. The van der Waals surface area contributed by atoms with Gasteiger partial charge in [-0.1, -0.05) is 24.3 Å². The van der Waals surface area contributed by atoms with Crippen LogP contribution in [0.2, 0.25) is 0 Å². The van der Waals surface area contributed by atoms with Gasteiger partial charge in [0.1, 0.15) is 0 Å². The van der Waals surface area contributed by atoms with Crippen LogP contribution >= 0.6 is 0 Å². The monoisotopic (exact) mass is 231 g/mol. The van der Waals surface area contributed by atoms with E-state index in [1.807, 2.05) is 0 Å². The molecule has 0 amide bonds. The lowest BCUT2D eigenvalue weighted by atomic mass is 9.77. The molecule has 2 atom stereocenters. The first-order valence-electron chi connectivity index (χ1n) is 6.61. The molecular formula is C14H21N3. The highest BCUT2D eigenvalue weighted by molar-refractivity contribution is 5.40. The molecule has 92 valence electrons. The van der Waals surface area contributed by atoms with E-state index in [-0.39, 0.29) is 0 Å². The van der Waals surface area contributed by atoms with Crippen LogP contribution in [0.15, 0.2) is 24.3 Å². The average molecular weight is 231 g/mol. The zero-order chi connectivity index (χ0) is 11.7. The van der Waals surface area contributed by atoms with Crippen LogP contribution in [0, 0.1) is 0 Å². The van der Waals surface area contributed by atoms with Crippen LogP contribution in [-0.4, -0.2) is 43.7 Å². The predicted molar refractivity (Wildman–Crippen MR) is 70.2 cm³/mol. The van der Waals surface area contributed by atoms with E-state index in [1.54, 1.807) is 5.56 Å². The predicted octanol–water partition coefficient (Wildman–Crippen LogP) is 0.559. The molecule has 1 aromatic carbocycles. The maximum Gasteiger partial charge on any atom is 0.0343 e. The SMILES string of the molecule is NCC1CNCCN1CC1Cc2ccccc21. The highest BCUT2D eigenvalue weighted by Gasteiger charge is 2.30. The number of hydrogen-bond acceptors (Lipinski definition) is 3. The third kappa shape index (κ3) is 2.10. The first kappa shape index (κ1) is 11.2. The molecule has 17 heavy (non-hydrogen) atoms. The van der Waals surface area contributed by atoms with E-state index >= 15 is 0 Å². The maximum absolute atomic E-state index is 5.84. The third-order valence-electron chi connectivity index (χ3n) is 4.16. The van der Waals surface area contributed by atoms with E-state index in [1.165, 1.54) is 18.5 Å². The average Bonchev–Trinajstić information content (AvgIpc) is 2.36. The summed E-state index contributed by atoms with van der Waals surface area (Å²) in [6.07, 6.45) is 1.25. The quantitative estimate of drug-likeness (QED) is 0.798. The van der Waals surface area contributed by atoms with Crippen LogP contribution in [0.4, 0.5) is 0 Å². The van der Waals surface area contributed by atoms with Crippen LogP contribution in [0.5, 0.6) is 0 Å². The Kier molecular flexibility index (Phi) is 3.14. The van der Waals surface area contributed by atoms with Crippen molar-refractivity contribution in [1.29, 1.82) is 0 Å². The second-order valence-electron chi connectivity index (χ2n) is 5.19. The summed E-state index contributed by atoms with van der Waals surface area (Å²) in [5, 5.41) is 3.42. The summed E-state index contributed by atoms with van der Waals surface area (Å²) in [6, 6.07) is 9.36. The summed E-state index contributed by atoms with van der Waals surface area (Å²) < 4.78 is 0. The number of nitrogens with one attached hydrogen (secondary N) is 1. The van der Waals surface area contributed by atoms with Gasteiger partial charge in [0, 0.05) is 44.7 Å². The van der Waals surface area contributed by atoms with E-state index in [0.29, 0.717) is 6.04 Å². The number of piperazine rings is 1. The Balaban J connectivity index is 1.65. The van der Waals surface area contributed by atoms with Gasteiger partial charge in [-0.15, -0.1) is 0 Å². The van der Waals surface area contributed by atoms with Gasteiger partial charge in [0.15, 0.2) is 0 Å². The Hall–Kier alpha value is -0.900.